The Hall–Kier alpha value is -1.36. The molecule has 0 spiro atoms. The maximum Gasteiger partial charge on any atom is 0.333 e. The molecule has 0 aromatic carbocycles. The Morgan fingerprint density at radius 3 is 2.55 bits per heavy atom. The van der Waals surface area contributed by atoms with Gasteiger partial charge >= 0.3 is 13.6 Å². The molecule has 124 valence electrons. The SMILES string of the molecule is CP(=O)(O)OC[C@H]1O[C@H](N2C(=O)CC(=O)NC2=O)[C@@H](O)[C@@H]1O. The number of urea groups is 1. The van der Waals surface area contributed by atoms with Crippen LogP contribution in [-0.2, 0) is 23.4 Å². The number of nitrogens with one attached hydrogen (secondary N) is 1. The highest BCUT2D eigenvalue weighted by molar-refractivity contribution is 7.51. The zero-order valence-electron chi connectivity index (χ0n) is 11.4. The molecule has 5 atom stereocenters. The Bertz CT molecular complexity index is 527. The molecule has 2 saturated heterocycles. The van der Waals surface area contributed by atoms with Crippen LogP contribution in [0.1, 0.15) is 6.42 Å². The van der Waals surface area contributed by atoms with Gasteiger partial charge in [0.15, 0.2) is 6.23 Å². The Balaban J connectivity index is 2.09. The average molecular weight is 338 g/mol. The molecule has 4 amide bonds. The predicted molar refractivity (Wildman–Crippen MR) is 67.4 cm³/mol. The zero-order chi connectivity index (χ0) is 16.7. The van der Waals surface area contributed by atoms with Crippen molar-refractivity contribution in [3.8, 4) is 0 Å². The fourth-order valence-electron chi connectivity index (χ4n) is 2.11. The van der Waals surface area contributed by atoms with Gasteiger partial charge in [0.2, 0.25) is 11.8 Å². The second-order valence-electron chi connectivity index (χ2n) is 4.94. The second-order valence-corrected chi connectivity index (χ2v) is 6.80. The number of hydrogen-bond acceptors (Lipinski definition) is 8. The van der Waals surface area contributed by atoms with Crippen LogP contribution in [0.4, 0.5) is 4.79 Å². The minimum Gasteiger partial charge on any atom is -0.387 e. The molecule has 12 heteroatoms. The third-order valence-electron chi connectivity index (χ3n) is 3.12. The third kappa shape index (κ3) is 3.51. The van der Waals surface area contributed by atoms with Crippen LogP contribution in [0.15, 0.2) is 0 Å². The minimum atomic E-state index is -3.83. The predicted octanol–water partition coefficient (Wildman–Crippen LogP) is -2.27. The number of aliphatic hydroxyl groups is 2. The Labute approximate surface area is 124 Å². The normalized spacial score (nSPS) is 35.5. The number of carbonyl (C=O) groups is 3. The van der Waals surface area contributed by atoms with Crippen molar-refractivity contribution in [2.45, 2.75) is 31.0 Å². The van der Waals surface area contributed by atoms with Gasteiger partial charge in [0.25, 0.3) is 0 Å². The monoisotopic (exact) mass is 338 g/mol. The van der Waals surface area contributed by atoms with Crippen molar-refractivity contribution in [3.63, 3.8) is 0 Å². The van der Waals surface area contributed by atoms with E-state index in [9.17, 15) is 29.2 Å². The number of barbiturate groups is 1. The number of carbonyl (C=O) groups excluding carboxylic acids is 3. The lowest BCUT2D eigenvalue weighted by Gasteiger charge is -2.31. The lowest BCUT2D eigenvalue weighted by molar-refractivity contribution is -0.150. The molecule has 0 aromatic heterocycles. The second kappa shape index (κ2) is 6.03. The molecule has 0 aromatic rings. The molecule has 0 saturated carbocycles. The molecule has 2 aliphatic rings. The maximum atomic E-state index is 11.7. The Morgan fingerprint density at radius 2 is 2.00 bits per heavy atom. The van der Waals surface area contributed by atoms with Gasteiger partial charge in [-0.2, -0.15) is 0 Å². The smallest absolute Gasteiger partial charge is 0.333 e. The van der Waals surface area contributed by atoms with Crippen molar-refractivity contribution in [2.24, 2.45) is 0 Å². The molecule has 0 radical (unpaired) electrons. The molecule has 1 unspecified atom stereocenters. The molecule has 0 bridgehead atoms. The summed E-state index contributed by atoms with van der Waals surface area (Å²) in [5, 5.41) is 21.6. The molecule has 11 nitrogen and oxygen atoms in total. The fourth-order valence-corrected chi connectivity index (χ4v) is 2.53. The van der Waals surface area contributed by atoms with Gasteiger partial charge in [-0.1, -0.05) is 0 Å². The summed E-state index contributed by atoms with van der Waals surface area (Å²) in [6.07, 6.45) is -6.55. The Morgan fingerprint density at radius 1 is 1.36 bits per heavy atom. The summed E-state index contributed by atoms with van der Waals surface area (Å²) in [6.45, 7) is 0.400. The average Bonchev–Trinajstić information content (AvgIpc) is 2.63. The molecular weight excluding hydrogens is 323 g/mol. The fraction of sp³-hybridized carbons (Fsp3) is 0.700. The van der Waals surface area contributed by atoms with E-state index in [0.717, 1.165) is 6.66 Å². The van der Waals surface area contributed by atoms with Gasteiger partial charge < -0.3 is 24.4 Å². The summed E-state index contributed by atoms with van der Waals surface area (Å²) in [7, 11) is -3.83. The first-order chi connectivity index (χ1) is 10.1. The van der Waals surface area contributed by atoms with E-state index in [0.29, 0.717) is 4.90 Å². The van der Waals surface area contributed by atoms with Gasteiger partial charge in [-0.15, -0.1) is 0 Å². The number of imide groups is 2. The highest BCUT2D eigenvalue weighted by Crippen LogP contribution is 2.38. The number of nitrogens with zero attached hydrogens (tertiary/aromatic N) is 1. The number of hydrogen-bond donors (Lipinski definition) is 4. The summed E-state index contributed by atoms with van der Waals surface area (Å²) in [5.74, 6) is -1.68. The number of ether oxygens (including phenoxy) is 1. The standard InChI is InChI=1S/C10H15N2O9P/c1-22(18,19)20-3-4-7(15)8(16)9(21-4)12-6(14)2-5(13)11-10(12)17/h4,7-9,15-16H,2-3H2,1H3,(H,18,19)(H,11,13,17)/t4-,7-,8+,9+/m1/s1. The molecule has 2 rings (SSSR count). The first-order valence-corrected chi connectivity index (χ1v) is 8.25. The van der Waals surface area contributed by atoms with Gasteiger partial charge in [-0.25, -0.2) is 9.69 Å². The van der Waals surface area contributed by atoms with E-state index in [1.807, 2.05) is 5.32 Å². The van der Waals surface area contributed by atoms with Crippen molar-refractivity contribution >= 4 is 25.4 Å². The van der Waals surface area contributed by atoms with E-state index >= 15 is 0 Å². The molecule has 2 fully saturated rings. The van der Waals surface area contributed by atoms with Crippen LogP contribution in [0, 0.1) is 0 Å². The van der Waals surface area contributed by atoms with Crippen molar-refractivity contribution in [3.05, 3.63) is 0 Å². The molecule has 2 heterocycles. The summed E-state index contributed by atoms with van der Waals surface area (Å²) in [5.41, 5.74) is 0. The van der Waals surface area contributed by atoms with Crippen molar-refractivity contribution < 1.29 is 43.3 Å². The van der Waals surface area contributed by atoms with Gasteiger partial charge in [-0.3, -0.25) is 19.5 Å². The summed E-state index contributed by atoms with van der Waals surface area (Å²) in [4.78, 5) is 44.0. The van der Waals surface area contributed by atoms with Gasteiger partial charge in [0.05, 0.1) is 6.61 Å². The molecule has 2 aliphatic heterocycles. The van der Waals surface area contributed by atoms with Gasteiger partial charge in [-0.05, 0) is 0 Å². The van der Waals surface area contributed by atoms with Gasteiger partial charge in [0, 0.05) is 6.66 Å². The van der Waals surface area contributed by atoms with Crippen molar-refractivity contribution in [1.29, 1.82) is 0 Å². The summed E-state index contributed by atoms with van der Waals surface area (Å²) in [6, 6.07) is -1.08. The zero-order valence-corrected chi connectivity index (χ0v) is 12.3. The molecule has 22 heavy (non-hydrogen) atoms. The van der Waals surface area contributed by atoms with Crippen LogP contribution in [-0.4, -0.2) is 75.7 Å². The lowest BCUT2D eigenvalue weighted by Crippen LogP contribution is -2.59. The maximum absolute atomic E-state index is 11.7. The Kier molecular flexibility index (Phi) is 4.66. The van der Waals surface area contributed by atoms with E-state index in [1.165, 1.54) is 0 Å². The van der Waals surface area contributed by atoms with Crippen LogP contribution in [0.2, 0.25) is 0 Å². The highest BCUT2D eigenvalue weighted by Gasteiger charge is 2.50. The first-order valence-electron chi connectivity index (χ1n) is 6.22. The largest absolute Gasteiger partial charge is 0.387 e. The van der Waals surface area contributed by atoms with E-state index in [-0.39, 0.29) is 0 Å². The summed E-state index contributed by atoms with van der Waals surface area (Å²) < 4.78 is 20.8. The quantitative estimate of drug-likeness (QED) is 0.327. The van der Waals surface area contributed by atoms with E-state index < -0.39 is 63.0 Å². The number of amides is 4. The lowest BCUT2D eigenvalue weighted by atomic mass is 10.1. The number of aliphatic hydroxyl groups excluding tert-OH is 2. The first kappa shape index (κ1) is 17.0. The highest BCUT2D eigenvalue weighted by atomic mass is 31.2. The van der Waals surface area contributed by atoms with Crippen molar-refractivity contribution in [2.75, 3.05) is 13.3 Å². The topological polar surface area (TPSA) is 163 Å². The van der Waals surface area contributed by atoms with Crippen molar-refractivity contribution in [1.82, 2.24) is 10.2 Å². The van der Waals surface area contributed by atoms with Gasteiger partial charge in [0.1, 0.15) is 24.7 Å². The van der Waals surface area contributed by atoms with E-state index in [2.05, 4.69) is 4.52 Å². The van der Waals surface area contributed by atoms with Crippen LogP contribution < -0.4 is 5.32 Å². The minimum absolute atomic E-state index is 0.486. The molecular formula is C10H15N2O9P. The van der Waals surface area contributed by atoms with Crippen LogP contribution >= 0.6 is 7.60 Å². The van der Waals surface area contributed by atoms with Crippen LogP contribution in [0.25, 0.3) is 0 Å². The number of rotatable bonds is 4. The van der Waals surface area contributed by atoms with Crippen LogP contribution in [0.5, 0.6) is 0 Å². The molecule has 0 aliphatic carbocycles. The van der Waals surface area contributed by atoms with E-state index in [4.69, 9.17) is 9.63 Å². The molecule has 4 N–H and O–H groups in total. The third-order valence-corrected chi connectivity index (χ3v) is 3.74. The van der Waals surface area contributed by atoms with E-state index in [1.54, 1.807) is 0 Å². The summed E-state index contributed by atoms with van der Waals surface area (Å²) >= 11 is 0. The van der Waals surface area contributed by atoms with Crippen LogP contribution in [0.3, 0.4) is 0 Å².